The van der Waals surface area contributed by atoms with Crippen molar-refractivity contribution in [2.75, 3.05) is 0 Å². The number of aromatic nitrogens is 4. The Morgan fingerprint density at radius 2 is 1.76 bits per heavy atom. The fourth-order valence-electron chi connectivity index (χ4n) is 2.89. The summed E-state index contributed by atoms with van der Waals surface area (Å²) in [4.78, 5) is 11.4. The molecule has 0 unspecified atom stereocenters. The highest BCUT2D eigenvalue weighted by atomic mass is 19.1. The fourth-order valence-corrected chi connectivity index (χ4v) is 2.89. The van der Waals surface area contributed by atoms with E-state index in [2.05, 4.69) is 10.2 Å². The van der Waals surface area contributed by atoms with Gasteiger partial charge < -0.3 is 5.11 Å². The second kappa shape index (κ2) is 6.16. The van der Waals surface area contributed by atoms with Gasteiger partial charge in [-0.1, -0.05) is 24.3 Å². The molecule has 0 bridgehead atoms. The number of carboxylic acid groups (broad SMARTS) is 1. The minimum absolute atomic E-state index is 0.296. The van der Waals surface area contributed by atoms with Gasteiger partial charge in [0.05, 0.1) is 31.2 Å². The van der Waals surface area contributed by atoms with E-state index in [4.69, 9.17) is 0 Å². The van der Waals surface area contributed by atoms with Crippen molar-refractivity contribution in [3.8, 4) is 0 Å². The molecule has 0 saturated heterocycles. The number of hydrogen-bond donors (Lipinski definition) is 1. The highest BCUT2D eigenvalue weighted by Gasteiger charge is 2.31. The molecule has 1 aromatic carbocycles. The van der Waals surface area contributed by atoms with E-state index in [0.717, 1.165) is 24.0 Å². The zero-order chi connectivity index (χ0) is 17.4. The van der Waals surface area contributed by atoms with Crippen LogP contribution in [-0.2, 0) is 13.1 Å². The molecule has 7 heteroatoms. The predicted molar refractivity (Wildman–Crippen MR) is 88.0 cm³/mol. The van der Waals surface area contributed by atoms with Crippen molar-refractivity contribution in [2.45, 2.75) is 31.8 Å². The predicted octanol–water partition coefficient (Wildman–Crippen LogP) is 2.89. The van der Waals surface area contributed by atoms with Crippen molar-refractivity contribution >= 4 is 5.97 Å². The molecular formula is C18H17FN4O2. The number of benzene rings is 1. The topological polar surface area (TPSA) is 72.9 Å². The Morgan fingerprint density at radius 1 is 1.12 bits per heavy atom. The van der Waals surface area contributed by atoms with Crippen LogP contribution in [0, 0.1) is 5.82 Å². The summed E-state index contributed by atoms with van der Waals surface area (Å²) in [5, 5.41) is 17.7. The first-order valence-electron chi connectivity index (χ1n) is 8.15. The lowest BCUT2D eigenvalue weighted by Gasteiger charge is -2.05. The van der Waals surface area contributed by atoms with Gasteiger partial charge in [-0.25, -0.2) is 9.18 Å². The van der Waals surface area contributed by atoms with Crippen LogP contribution in [-0.4, -0.2) is 30.6 Å². The Morgan fingerprint density at radius 3 is 2.28 bits per heavy atom. The molecule has 0 spiro atoms. The minimum Gasteiger partial charge on any atom is -0.478 e. The van der Waals surface area contributed by atoms with Gasteiger partial charge in [0.1, 0.15) is 5.56 Å². The average molecular weight is 340 g/mol. The van der Waals surface area contributed by atoms with E-state index in [0.29, 0.717) is 30.3 Å². The molecule has 1 aliphatic carbocycles. The van der Waals surface area contributed by atoms with Crippen molar-refractivity contribution in [1.29, 1.82) is 0 Å². The molecule has 1 fully saturated rings. The summed E-state index contributed by atoms with van der Waals surface area (Å²) in [5.74, 6) is -0.977. The molecule has 0 radical (unpaired) electrons. The van der Waals surface area contributed by atoms with Gasteiger partial charge >= 0.3 is 5.97 Å². The zero-order valence-electron chi connectivity index (χ0n) is 13.5. The molecular weight excluding hydrogens is 323 g/mol. The third-order valence-corrected chi connectivity index (χ3v) is 4.30. The Labute approximate surface area is 143 Å². The SMILES string of the molecule is O=C(O)c1cn(Cc2ccc(Cn3cc(F)cn3)cc2)nc1C1CC1. The number of nitrogens with zero attached hydrogens (tertiary/aromatic N) is 4. The van der Waals surface area contributed by atoms with Gasteiger partial charge in [0.25, 0.3) is 0 Å². The number of halogens is 1. The second-order valence-electron chi connectivity index (χ2n) is 6.38. The Bertz CT molecular complexity index is 910. The number of aromatic carboxylic acids is 1. The van der Waals surface area contributed by atoms with Crippen molar-refractivity contribution in [3.05, 3.63) is 71.1 Å². The van der Waals surface area contributed by atoms with E-state index in [9.17, 15) is 14.3 Å². The zero-order valence-corrected chi connectivity index (χ0v) is 13.5. The lowest BCUT2D eigenvalue weighted by molar-refractivity contribution is 0.0695. The number of carboxylic acids is 1. The number of hydrogen-bond acceptors (Lipinski definition) is 3. The first kappa shape index (κ1) is 15.6. The van der Waals surface area contributed by atoms with Crippen molar-refractivity contribution in [2.24, 2.45) is 0 Å². The van der Waals surface area contributed by atoms with Crippen molar-refractivity contribution in [1.82, 2.24) is 19.6 Å². The summed E-state index contributed by atoms with van der Waals surface area (Å²) < 4.78 is 16.2. The minimum atomic E-state index is -0.921. The van der Waals surface area contributed by atoms with Crippen LogP contribution in [0.4, 0.5) is 4.39 Å². The van der Waals surface area contributed by atoms with Crippen LogP contribution in [0.25, 0.3) is 0 Å². The summed E-state index contributed by atoms with van der Waals surface area (Å²) in [6.45, 7) is 1.02. The van der Waals surface area contributed by atoms with Crippen molar-refractivity contribution in [3.63, 3.8) is 0 Å². The fraction of sp³-hybridized carbons (Fsp3) is 0.278. The summed E-state index contributed by atoms with van der Waals surface area (Å²) in [5.41, 5.74) is 3.04. The van der Waals surface area contributed by atoms with Crippen LogP contribution >= 0.6 is 0 Å². The molecule has 2 aromatic heterocycles. The smallest absolute Gasteiger partial charge is 0.339 e. The van der Waals surface area contributed by atoms with E-state index in [1.807, 2.05) is 24.3 Å². The van der Waals surface area contributed by atoms with E-state index >= 15 is 0 Å². The van der Waals surface area contributed by atoms with E-state index in [-0.39, 0.29) is 5.82 Å². The summed E-state index contributed by atoms with van der Waals surface area (Å²) in [7, 11) is 0. The first-order valence-corrected chi connectivity index (χ1v) is 8.15. The summed E-state index contributed by atoms with van der Waals surface area (Å²) in [6, 6.07) is 7.85. The first-order chi connectivity index (χ1) is 12.1. The normalized spacial score (nSPS) is 14.0. The lowest BCUT2D eigenvalue weighted by Crippen LogP contribution is -2.03. The van der Waals surface area contributed by atoms with Gasteiger partial charge in [0, 0.05) is 12.1 Å². The van der Waals surface area contributed by atoms with Crippen molar-refractivity contribution < 1.29 is 14.3 Å². The third-order valence-electron chi connectivity index (χ3n) is 4.30. The van der Waals surface area contributed by atoms with Gasteiger partial charge in [-0.05, 0) is 24.0 Å². The Kier molecular flexibility index (Phi) is 3.83. The molecule has 128 valence electrons. The lowest BCUT2D eigenvalue weighted by atomic mass is 10.1. The molecule has 2 heterocycles. The second-order valence-corrected chi connectivity index (χ2v) is 6.38. The number of rotatable bonds is 6. The van der Waals surface area contributed by atoms with Crippen LogP contribution in [0.5, 0.6) is 0 Å². The third kappa shape index (κ3) is 3.45. The monoisotopic (exact) mass is 340 g/mol. The van der Waals surface area contributed by atoms with Crippen LogP contribution in [0.1, 0.15) is 45.9 Å². The van der Waals surface area contributed by atoms with Gasteiger partial charge in [-0.2, -0.15) is 10.2 Å². The van der Waals surface area contributed by atoms with Crippen LogP contribution in [0.2, 0.25) is 0 Å². The quantitative estimate of drug-likeness (QED) is 0.749. The van der Waals surface area contributed by atoms with Crippen LogP contribution < -0.4 is 0 Å². The molecule has 0 amide bonds. The van der Waals surface area contributed by atoms with Gasteiger partial charge in [0.15, 0.2) is 5.82 Å². The van der Waals surface area contributed by atoms with Gasteiger partial charge in [-0.15, -0.1) is 0 Å². The van der Waals surface area contributed by atoms with E-state index in [1.165, 1.54) is 12.4 Å². The van der Waals surface area contributed by atoms with Gasteiger partial charge in [-0.3, -0.25) is 9.36 Å². The maximum absolute atomic E-state index is 13.0. The molecule has 1 aliphatic rings. The highest BCUT2D eigenvalue weighted by Crippen LogP contribution is 2.40. The average Bonchev–Trinajstić information content (AvgIpc) is 3.22. The molecule has 1 saturated carbocycles. The van der Waals surface area contributed by atoms with E-state index < -0.39 is 5.97 Å². The summed E-state index contributed by atoms with van der Waals surface area (Å²) in [6.07, 6.45) is 6.17. The number of carbonyl (C=O) groups is 1. The molecule has 3 aromatic rings. The maximum Gasteiger partial charge on any atom is 0.339 e. The van der Waals surface area contributed by atoms with Gasteiger partial charge in [0.2, 0.25) is 0 Å². The van der Waals surface area contributed by atoms with Crippen LogP contribution in [0.15, 0.2) is 42.9 Å². The highest BCUT2D eigenvalue weighted by molar-refractivity contribution is 5.89. The molecule has 0 atom stereocenters. The molecule has 25 heavy (non-hydrogen) atoms. The van der Waals surface area contributed by atoms with E-state index in [1.54, 1.807) is 15.6 Å². The molecule has 1 N–H and O–H groups in total. The van der Waals surface area contributed by atoms with Crippen LogP contribution in [0.3, 0.4) is 0 Å². The largest absolute Gasteiger partial charge is 0.478 e. The Balaban J connectivity index is 1.47. The molecule has 4 rings (SSSR count). The maximum atomic E-state index is 13.0. The summed E-state index contributed by atoms with van der Waals surface area (Å²) >= 11 is 0. The standard InChI is InChI=1S/C18H17FN4O2/c19-15-7-20-22(10-15)8-12-1-3-13(4-2-12)9-23-11-16(18(24)25)17(21-23)14-5-6-14/h1-4,7,10-11,14H,5-6,8-9H2,(H,24,25). The molecule has 6 nitrogen and oxygen atoms in total. The Hall–Kier alpha value is -2.96. The molecule has 0 aliphatic heterocycles.